The van der Waals surface area contributed by atoms with Crippen LogP contribution in [0, 0.1) is 33.9 Å². The molecule has 10 heteroatoms. The van der Waals surface area contributed by atoms with E-state index in [0.717, 1.165) is 19.5 Å². The summed E-state index contributed by atoms with van der Waals surface area (Å²) in [4.78, 5) is 6.89. The van der Waals surface area contributed by atoms with Crippen molar-refractivity contribution in [3.05, 3.63) is 77.0 Å². The fraction of sp³-hybridized carbons (Fsp3) is 0.424. The van der Waals surface area contributed by atoms with E-state index in [0.29, 0.717) is 57.3 Å². The van der Waals surface area contributed by atoms with Gasteiger partial charge in [-0.3, -0.25) is 14.9 Å². The Morgan fingerprint density at radius 3 is 2.47 bits per heavy atom. The van der Waals surface area contributed by atoms with Crippen LogP contribution >= 0.6 is 0 Å². The number of nitriles is 2. The third kappa shape index (κ3) is 6.99. The Labute approximate surface area is 254 Å². The first-order valence-corrected chi connectivity index (χ1v) is 14.5. The summed E-state index contributed by atoms with van der Waals surface area (Å²) in [5, 5.41) is 29.2. The van der Waals surface area contributed by atoms with Gasteiger partial charge in [-0.15, -0.1) is 5.53 Å². The van der Waals surface area contributed by atoms with Gasteiger partial charge >= 0.3 is 0 Å². The Kier molecular flexibility index (Phi) is 7.83. The van der Waals surface area contributed by atoms with Gasteiger partial charge in [0.2, 0.25) is 0 Å². The van der Waals surface area contributed by atoms with Crippen molar-refractivity contribution in [3.63, 3.8) is 0 Å². The van der Waals surface area contributed by atoms with Crippen LogP contribution in [0.1, 0.15) is 72.0 Å². The van der Waals surface area contributed by atoms with Gasteiger partial charge in [-0.05, 0) is 62.4 Å². The number of pyridine rings is 1. The molecule has 1 saturated heterocycles. The summed E-state index contributed by atoms with van der Waals surface area (Å²) in [6.07, 6.45) is 4.29. The van der Waals surface area contributed by atoms with Gasteiger partial charge < -0.3 is 16.1 Å². The van der Waals surface area contributed by atoms with Crippen molar-refractivity contribution >= 4 is 22.3 Å². The molecule has 2 aliphatic heterocycles. The summed E-state index contributed by atoms with van der Waals surface area (Å²) < 4.78 is 23.7. The highest BCUT2D eigenvalue weighted by Crippen LogP contribution is 2.35. The van der Waals surface area contributed by atoms with E-state index >= 15 is 0 Å². The Morgan fingerprint density at radius 1 is 1.12 bits per heavy atom. The molecule has 3 aromatic rings. The highest BCUT2D eigenvalue weighted by atomic mass is 19.1. The molecule has 1 aromatic heterocycles. The number of rotatable bonds is 9. The van der Waals surface area contributed by atoms with Gasteiger partial charge in [-0.2, -0.15) is 10.5 Å². The minimum atomic E-state index is -1.59. The molecule has 0 spiro atoms. The molecule has 9 nitrogen and oxygen atoms in total. The molecule has 0 aliphatic carbocycles. The minimum Gasteiger partial charge on any atom is -0.383 e. The summed E-state index contributed by atoms with van der Waals surface area (Å²) in [7, 11) is 0. The lowest BCUT2D eigenvalue weighted by atomic mass is 9.96. The normalized spacial score (nSPS) is 19.9. The average molecular weight is 583 g/mol. The number of nitrogens with one attached hydrogen (secondary N) is 4. The molecule has 2 aromatic carbocycles. The SMILES string of the molecule is [2H][C@@](Nc1cc(C#N)c2ncc(C#N)c(NCC(C)(C)C)c2c1)(C1=CN(CCC2CN2C(C)(C)C)NN1)c1ccc(F)cc1. The summed E-state index contributed by atoms with van der Waals surface area (Å²) in [6.45, 7) is 15.3. The molecule has 3 heterocycles. The molecule has 5 rings (SSSR count). The molecule has 2 unspecified atom stereocenters. The number of hydrazine groups is 2. The lowest BCUT2D eigenvalue weighted by molar-refractivity contribution is 0.241. The Balaban J connectivity index is 1.51. The van der Waals surface area contributed by atoms with Crippen LogP contribution < -0.4 is 21.6 Å². The Morgan fingerprint density at radius 2 is 1.84 bits per heavy atom. The van der Waals surface area contributed by atoms with Crippen molar-refractivity contribution in [2.75, 3.05) is 30.3 Å². The van der Waals surface area contributed by atoms with Gasteiger partial charge in [-0.1, -0.05) is 32.9 Å². The molecule has 3 atom stereocenters. The van der Waals surface area contributed by atoms with Crippen LogP contribution in [-0.2, 0) is 0 Å². The average Bonchev–Trinajstić information content (AvgIpc) is 3.61. The van der Waals surface area contributed by atoms with E-state index in [-0.39, 0.29) is 11.0 Å². The highest BCUT2D eigenvalue weighted by molar-refractivity contribution is 5.99. The molecule has 0 radical (unpaired) electrons. The van der Waals surface area contributed by atoms with E-state index in [1.54, 1.807) is 24.3 Å². The quantitative estimate of drug-likeness (QED) is 0.234. The second-order valence-electron chi connectivity index (χ2n) is 13.4. The molecule has 224 valence electrons. The molecule has 0 saturated carbocycles. The van der Waals surface area contributed by atoms with Crippen molar-refractivity contribution in [3.8, 4) is 12.1 Å². The first-order chi connectivity index (χ1) is 20.7. The highest BCUT2D eigenvalue weighted by Gasteiger charge is 2.41. The molecule has 4 N–H and O–H groups in total. The van der Waals surface area contributed by atoms with Gasteiger partial charge in [0.15, 0.2) is 0 Å². The van der Waals surface area contributed by atoms with Gasteiger partial charge in [0.25, 0.3) is 0 Å². The van der Waals surface area contributed by atoms with Crippen LogP contribution in [0.15, 0.2) is 54.5 Å². The first kappa shape index (κ1) is 28.7. The number of benzene rings is 2. The van der Waals surface area contributed by atoms with Crippen molar-refractivity contribution in [1.82, 2.24) is 25.9 Å². The monoisotopic (exact) mass is 582 g/mol. The Hall–Kier alpha value is -4.38. The molecule has 0 bridgehead atoms. The maximum absolute atomic E-state index is 14.0. The van der Waals surface area contributed by atoms with Crippen molar-refractivity contribution in [2.45, 2.75) is 65.6 Å². The molecule has 2 aliphatic rings. The van der Waals surface area contributed by atoms with E-state index in [1.165, 1.54) is 18.3 Å². The standard InChI is InChI=1S/C33H40FN9/c1-32(2,3)20-38-30-23(16-36)17-37-29-22(15-35)13-25(14-27(29)30)39-31(21-7-9-24(34)10-8-21)28-19-42(41-40-28)12-11-26-18-43(26)33(4,5)6/h7-10,13-14,17,19,26,31,39-41H,11-12,18,20H2,1-6H3,(H,37,38)/t26?,31-,43?/m0/s1/i31D. The summed E-state index contributed by atoms with van der Waals surface area (Å²) >= 11 is 0. The predicted octanol–water partition coefficient (Wildman–Crippen LogP) is 5.77. The molecular formula is C33H40FN9. The van der Waals surface area contributed by atoms with Gasteiger partial charge in [0.05, 0.1) is 35.4 Å². The number of anilines is 2. The third-order valence-corrected chi connectivity index (χ3v) is 7.58. The van der Waals surface area contributed by atoms with Crippen molar-refractivity contribution in [1.29, 1.82) is 10.5 Å². The number of nitrogens with zero attached hydrogens (tertiary/aromatic N) is 5. The topological polar surface area (TPSA) is 115 Å². The van der Waals surface area contributed by atoms with E-state index in [1.807, 2.05) is 11.2 Å². The van der Waals surface area contributed by atoms with Gasteiger partial charge in [0, 0.05) is 54.7 Å². The number of hydrogen-bond donors (Lipinski definition) is 4. The number of halogens is 1. The zero-order valence-corrected chi connectivity index (χ0v) is 25.6. The number of fused-ring (bicyclic) bond motifs is 1. The smallest absolute Gasteiger partial charge is 0.123 e. The molecule has 0 amide bonds. The molecule has 1 fully saturated rings. The van der Waals surface area contributed by atoms with E-state index in [4.69, 9.17) is 0 Å². The van der Waals surface area contributed by atoms with E-state index in [2.05, 4.69) is 85.2 Å². The van der Waals surface area contributed by atoms with Crippen molar-refractivity contribution < 1.29 is 5.76 Å². The first-order valence-electron chi connectivity index (χ1n) is 15.0. The summed E-state index contributed by atoms with van der Waals surface area (Å²) in [5.74, 6) is -0.404. The molecular weight excluding hydrogens is 541 g/mol. The van der Waals surface area contributed by atoms with E-state index < -0.39 is 11.8 Å². The zero-order valence-electron chi connectivity index (χ0n) is 26.6. The summed E-state index contributed by atoms with van der Waals surface area (Å²) in [5.41, 5.74) is 9.54. The second kappa shape index (κ2) is 11.7. The maximum atomic E-state index is 14.0. The lowest BCUT2D eigenvalue weighted by Gasteiger charge is -2.23. The van der Waals surface area contributed by atoms with Gasteiger partial charge in [-0.25, -0.2) is 4.39 Å². The van der Waals surface area contributed by atoms with Crippen LogP contribution in [0.3, 0.4) is 0 Å². The van der Waals surface area contributed by atoms with Gasteiger partial charge in [0.1, 0.15) is 18.0 Å². The van der Waals surface area contributed by atoms with Crippen LogP contribution in [0.2, 0.25) is 0 Å². The largest absolute Gasteiger partial charge is 0.383 e. The predicted molar refractivity (Wildman–Crippen MR) is 168 cm³/mol. The number of aromatic nitrogens is 1. The molecule has 43 heavy (non-hydrogen) atoms. The van der Waals surface area contributed by atoms with E-state index in [9.17, 15) is 16.3 Å². The lowest BCUT2D eigenvalue weighted by Crippen LogP contribution is -2.38. The Bertz CT molecular complexity index is 1660. The van der Waals surface area contributed by atoms with Crippen LogP contribution in [0.4, 0.5) is 15.8 Å². The maximum Gasteiger partial charge on any atom is 0.123 e. The van der Waals surface area contributed by atoms with Crippen molar-refractivity contribution in [2.24, 2.45) is 5.41 Å². The second-order valence-corrected chi connectivity index (χ2v) is 13.4. The third-order valence-electron chi connectivity index (χ3n) is 7.58. The zero-order chi connectivity index (χ0) is 31.9. The van der Waals surface area contributed by atoms with Crippen LogP contribution in [0.5, 0.6) is 0 Å². The fourth-order valence-electron chi connectivity index (χ4n) is 5.28. The summed E-state index contributed by atoms with van der Waals surface area (Å²) in [6, 6.07) is 12.6. The minimum absolute atomic E-state index is 0.0703. The van der Waals surface area contributed by atoms with Crippen LogP contribution in [-0.4, -0.2) is 46.1 Å². The van der Waals surface area contributed by atoms with Crippen LogP contribution in [0.25, 0.3) is 10.9 Å². The number of hydrogen-bond acceptors (Lipinski definition) is 9. The fourth-order valence-corrected chi connectivity index (χ4v) is 5.28.